The van der Waals surface area contributed by atoms with E-state index in [2.05, 4.69) is 50.6 Å². The second-order valence-corrected chi connectivity index (χ2v) is 8.02. The Kier molecular flexibility index (Phi) is 7.93. The van der Waals surface area contributed by atoms with Gasteiger partial charge in [0.25, 0.3) is 0 Å². The number of aryl methyl sites for hydroxylation is 2. The molecule has 6 nitrogen and oxygen atoms in total. The molecule has 0 saturated carbocycles. The number of nitrogens with zero attached hydrogens (tertiary/aromatic N) is 4. The first-order chi connectivity index (χ1) is 13.1. The van der Waals surface area contributed by atoms with Crippen molar-refractivity contribution in [1.29, 1.82) is 0 Å². The number of hydrogen-bond donors (Lipinski definition) is 1. The van der Waals surface area contributed by atoms with Gasteiger partial charge in [0, 0.05) is 70.3 Å². The van der Waals surface area contributed by atoms with Crippen LogP contribution in [0.4, 0.5) is 0 Å². The Balaban J connectivity index is 1.28. The predicted molar refractivity (Wildman–Crippen MR) is 114 cm³/mol. The molecular formula is C20H35N5OS. The number of thiocarbonyl (C=S) groups is 1. The van der Waals surface area contributed by atoms with Crippen molar-refractivity contribution in [2.45, 2.75) is 26.8 Å². The number of aromatic nitrogens is 1. The van der Waals surface area contributed by atoms with E-state index in [0.717, 1.165) is 90.2 Å². The number of nitrogens with one attached hydrogen (secondary N) is 1. The maximum absolute atomic E-state index is 5.60. The zero-order chi connectivity index (χ0) is 19.1. The fourth-order valence-electron chi connectivity index (χ4n) is 3.90. The molecule has 0 amide bonds. The van der Waals surface area contributed by atoms with E-state index in [1.807, 2.05) is 0 Å². The van der Waals surface area contributed by atoms with Gasteiger partial charge in [-0.05, 0) is 51.2 Å². The lowest BCUT2D eigenvalue weighted by Gasteiger charge is -2.36. The predicted octanol–water partition coefficient (Wildman–Crippen LogP) is 1.32. The molecule has 2 aliphatic heterocycles. The molecule has 0 radical (unpaired) electrons. The third-order valence-electron chi connectivity index (χ3n) is 5.75. The SMILES string of the molecule is Cc1ccc(C)n1CCN1CCN(C(=S)NCCCN2CCOCC2)CC1. The molecule has 2 fully saturated rings. The molecule has 2 aliphatic rings. The summed E-state index contributed by atoms with van der Waals surface area (Å²) in [5, 5.41) is 4.38. The molecule has 1 N–H and O–H groups in total. The van der Waals surface area contributed by atoms with E-state index in [1.165, 1.54) is 11.4 Å². The van der Waals surface area contributed by atoms with Gasteiger partial charge in [0.1, 0.15) is 0 Å². The van der Waals surface area contributed by atoms with Crippen molar-refractivity contribution in [1.82, 2.24) is 24.6 Å². The largest absolute Gasteiger partial charge is 0.379 e. The van der Waals surface area contributed by atoms with Gasteiger partial charge in [0.2, 0.25) is 0 Å². The Labute approximate surface area is 169 Å². The third-order valence-corrected chi connectivity index (χ3v) is 6.15. The average molecular weight is 394 g/mol. The van der Waals surface area contributed by atoms with Crippen LogP contribution < -0.4 is 5.32 Å². The molecular weight excluding hydrogens is 358 g/mol. The van der Waals surface area contributed by atoms with E-state index < -0.39 is 0 Å². The Hall–Kier alpha value is -1.15. The molecule has 0 unspecified atom stereocenters. The van der Waals surface area contributed by atoms with Gasteiger partial charge in [0.15, 0.2) is 5.11 Å². The van der Waals surface area contributed by atoms with Gasteiger partial charge in [-0.2, -0.15) is 0 Å². The highest BCUT2D eigenvalue weighted by Gasteiger charge is 2.19. The van der Waals surface area contributed by atoms with Gasteiger partial charge < -0.3 is 19.5 Å². The van der Waals surface area contributed by atoms with Crippen LogP contribution in [-0.4, -0.2) is 96.5 Å². The lowest BCUT2D eigenvalue weighted by molar-refractivity contribution is 0.0375. The summed E-state index contributed by atoms with van der Waals surface area (Å²) in [6.07, 6.45) is 1.13. The van der Waals surface area contributed by atoms with Gasteiger partial charge in [-0.3, -0.25) is 9.80 Å². The van der Waals surface area contributed by atoms with Crippen LogP contribution in [0.15, 0.2) is 12.1 Å². The number of piperazine rings is 1. The lowest BCUT2D eigenvalue weighted by atomic mass is 10.3. The summed E-state index contributed by atoms with van der Waals surface area (Å²) in [4.78, 5) is 7.35. The van der Waals surface area contributed by atoms with Crippen LogP contribution >= 0.6 is 12.2 Å². The van der Waals surface area contributed by atoms with Crippen molar-refractivity contribution >= 4 is 17.3 Å². The van der Waals surface area contributed by atoms with Crippen LogP contribution in [0.2, 0.25) is 0 Å². The molecule has 0 aromatic carbocycles. The lowest BCUT2D eigenvalue weighted by Crippen LogP contribution is -2.52. The molecule has 0 bridgehead atoms. The Morgan fingerprint density at radius 2 is 1.56 bits per heavy atom. The van der Waals surface area contributed by atoms with Crippen LogP contribution in [0, 0.1) is 13.8 Å². The highest BCUT2D eigenvalue weighted by molar-refractivity contribution is 7.80. The minimum absolute atomic E-state index is 0.875. The monoisotopic (exact) mass is 393 g/mol. The molecule has 1 aromatic rings. The molecule has 3 heterocycles. The Bertz CT molecular complexity index is 572. The first kappa shape index (κ1) is 20.6. The van der Waals surface area contributed by atoms with Crippen molar-refractivity contribution in [3.05, 3.63) is 23.5 Å². The average Bonchev–Trinajstić information content (AvgIpc) is 3.02. The molecule has 2 saturated heterocycles. The van der Waals surface area contributed by atoms with Crippen LogP contribution in [0.25, 0.3) is 0 Å². The smallest absolute Gasteiger partial charge is 0.169 e. The van der Waals surface area contributed by atoms with Crippen LogP contribution in [-0.2, 0) is 11.3 Å². The topological polar surface area (TPSA) is 35.9 Å². The van der Waals surface area contributed by atoms with Crippen LogP contribution in [0.3, 0.4) is 0 Å². The van der Waals surface area contributed by atoms with Crippen molar-refractivity contribution < 1.29 is 4.74 Å². The highest BCUT2D eigenvalue weighted by Crippen LogP contribution is 2.09. The quantitative estimate of drug-likeness (QED) is 0.556. The van der Waals surface area contributed by atoms with Gasteiger partial charge in [0.05, 0.1) is 13.2 Å². The van der Waals surface area contributed by atoms with E-state index in [-0.39, 0.29) is 0 Å². The van der Waals surface area contributed by atoms with E-state index in [9.17, 15) is 0 Å². The summed E-state index contributed by atoms with van der Waals surface area (Å²) in [6, 6.07) is 4.41. The summed E-state index contributed by atoms with van der Waals surface area (Å²) in [5.74, 6) is 0. The van der Waals surface area contributed by atoms with Gasteiger partial charge in [-0.1, -0.05) is 0 Å². The maximum atomic E-state index is 5.60. The molecule has 152 valence electrons. The van der Waals surface area contributed by atoms with Crippen LogP contribution in [0.1, 0.15) is 17.8 Å². The van der Waals surface area contributed by atoms with Crippen LogP contribution in [0.5, 0.6) is 0 Å². The van der Waals surface area contributed by atoms with E-state index in [0.29, 0.717) is 0 Å². The second-order valence-electron chi connectivity index (χ2n) is 7.64. The fraction of sp³-hybridized carbons (Fsp3) is 0.750. The van der Waals surface area contributed by atoms with E-state index in [4.69, 9.17) is 17.0 Å². The zero-order valence-electron chi connectivity index (χ0n) is 17.0. The zero-order valence-corrected chi connectivity index (χ0v) is 17.8. The molecule has 0 spiro atoms. The first-order valence-electron chi connectivity index (χ1n) is 10.3. The molecule has 1 aromatic heterocycles. The molecule has 7 heteroatoms. The maximum Gasteiger partial charge on any atom is 0.169 e. The third kappa shape index (κ3) is 6.17. The number of ether oxygens (including phenoxy) is 1. The van der Waals surface area contributed by atoms with Crippen molar-refractivity contribution in [3.8, 4) is 0 Å². The Morgan fingerprint density at radius 1 is 0.926 bits per heavy atom. The standard InChI is InChI=1S/C20H35N5OS/c1-18-4-5-19(2)25(18)13-10-23-8-11-24(12-9-23)20(27)21-6-3-7-22-14-16-26-17-15-22/h4-5H,3,6-17H2,1-2H3,(H,21,27). The molecule has 0 atom stereocenters. The second kappa shape index (κ2) is 10.4. The highest BCUT2D eigenvalue weighted by atomic mass is 32.1. The Morgan fingerprint density at radius 3 is 2.22 bits per heavy atom. The minimum atomic E-state index is 0.875. The fourth-order valence-corrected chi connectivity index (χ4v) is 4.19. The van der Waals surface area contributed by atoms with E-state index in [1.54, 1.807) is 0 Å². The van der Waals surface area contributed by atoms with Gasteiger partial charge in [-0.25, -0.2) is 0 Å². The molecule has 27 heavy (non-hydrogen) atoms. The summed E-state index contributed by atoms with van der Waals surface area (Å²) < 4.78 is 7.80. The van der Waals surface area contributed by atoms with Gasteiger partial charge >= 0.3 is 0 Å². The van der Waals surface area contributed by atoms with E-state index >= 15 is 0 Å². The minimum Gasteiger partial charge on any atom is -0.379 e. The molecule has 3 rings (SSSR count). The number of rotatable bonds is 7. The normalized spacial score (nSPS) is 19.4. The number of hydrogen-bond acceptors (Lipinski definition) is 4. The van der Waals surface area contributed by atoms with Crippen molar-refractivity contribution in [3.63, 3.8) is 0 Å². The summed E-state index contributed by atoms with van der Waals surface area (Å²) in [7, 11) is 0. The van der Waals surface area contributed by atoms with Crippen molar-refractivity contribution in [2.24, 2.45) is 0 Å². The summed E-state index contributed by atoms with van der Waals surface area (Å²) >= 11 is 5.60. The first-order valence-corrected chi connectivity index (χ1v) is 10.7. The molecule has 0 aliphatic carbocycles. The number of morpholine rings is 1. The van der Waals surface area contributed by atoms with Crippen molar-refractivity contribution in [2.75, 3.05) is 72.1 Å². The summed E-state index contributed by atoms with van der Waals surface area (Å²) in [5.41, 5.74) is 2.71. The van der Waals surface area contributed by atoms with Gasteiger partial charge in [-0.15, -0.1) is 0 Å². The summed E-state index contributed by atoms with van der Waals surface area (Å²) in [6.45, 7) is 16.8.